The summed E-state index contributed by atoms with van der Waals surface area (Å²) >= 11 is 0.759. The summed E-state index contributed by atoms with van der Waals surface area (Å²) < 4.78 is 28.3. The summed E-state index contributed by atoms with van der Waals surface area (Å²) in [6, 6.07) is 18.7. The summed E-state index contributed by atoms with van der Waals surface area (Å²) in [6.07, 6.45) is 14.3. The molecule has 0 radical (unpaired) electrons. The van der Waals surface area contributed by atoms with Gasteiger partial charge in [0.2, 0.25) is 24.5 Å². The number of carbonyl (C=O) groups is 5. The highest BCUT2D eigenvalue weighted by molar-refractivity contribution is 7.98. The number of rotatable bonds is 26. The molecule has 4 fully saturated rings. The van der Waals surface area contributed by atoms with Gasteiger partial charge in [0.05, 0.1) is 36.7 Å². The van der Waals surface area contributed by atoms with Gasteiger partial charge in [-0.25, -0.2) is 0 Å². The van der Waals surface area contributed by atoms with E-state index in [4.69, 9.17) is 25.7 Å². The molecule has 4 saturated carbocycles. The zero-order valence-corrected chi connectivity index (χ0v) is 45.4. The molecule has 5 unspecified atom stereocenters. The van der Waals surface area contributed by atoms with Gasteiger partial charge in [-0.15, -0.1) is 12.4 Å². The molecule has 3 amide bonds. The van der Waals surface area contributed by atoms with E-state index in [2.05, 4.69) is 29.8 Å². The number of hydrogen-bond donors (Lipinski definition) is 6. The minimum atomic E-state index is -1.52. The number of hydrogen-bond acceptors (Lipinski definition) is 13. The number of fused-ring (bicyclic) bond motifs is 1. The number of ether oxygens (including phenoxy) is 3. The standard InChI is InChI=1S/C37H49N5O7S.C18H28O3S.ClH/c1-49-35(48)36-19-24-14-25(20-36)16-26(15-24)37(36,39)32(45)30(18-22-6-4-3-5-7-22)41-31(44)21-40-34(47)29(12-13-50-2)42-33(46)28(38)17-23-8-10-27(43)11-9-23;1-3-4-5-6-7-8-11-22(19)15(2)12-16-9-10-17-18(13-16)21-14-20-17;/h3-11,24-26,28-30,43H,12-21,38-39H2,1-2H3,(H,40,47)(H,41,44)(H,42,46);9-10,13,15H,3-8,11-12,14H2,1-2H3;1H/t24?,25?,26?,28-,29+,30-,36?,37?;;/m0../s1. The number of benzene rings is 3. The lowest BCUT2D eigenvalue weighted by atomic mass is 9.40. The van der Waals surface area contributed by atoms with Crippen LogP contribution in [0.2, 0.25) is 0 Å². The molecule has 0 aromatic heterocycles. The maximum absolute atomic E-state index is 14.7. The Kier molecular flexibility index (Phi) is 23.1. The lowest BCUT2D eigenvalue weighted by Gasteiger charge is -2.64. The van der Waals surface area contributed by atoms with Crippen LogP contribution in [0.5, 0.6) is 17.2 Å². The zero-order valence-electron chi connectivity index (χ0n) is 42.9. The largest absolute Gasteiger partial charge is 0.616 e. The van der Waals surface area contributed by atoms with Gasteiger partial charge in [0.15, 0.2) is 17.3 Å². The SMILES string of the molecule is CCCCCCCC[S+]([O-])C(C)Cc1ccc2c(c1)OCO2.COC(=O)C12CC3CC(CC(C3)C1(N)C(=O)[C@H](Cc1ccccc1)NC(=O)CNC(=O)[C@@H](CCSC)NC(=O)[C@@H](N)Cc1ccc(O)cc1)C2.Cl. The van der Waals surface area contributed by atoms with Crippen LogP contribution in [0.1, 0.15) is 108 Å². The Morgan fingerprint density at radius 3 is 2.15 bits per heavy atom. The number of ketones is 1. The number of Topliss-reactive ketones (excluding diaryl/α,β-unsaturated/α-hetero) is 1. The zero-order chi connectivity index (χ0) is 51.8. The predicted octanol–water partition coefficient (Wildman–Crippen LogP) is 6.49. The number of esters is 1. The van der Waals surface area contributed by atoms with Crippen LogP contribution in [-0.2, 0) is 59.1 Å². The molecule has 8 N–H and O–H groups in total. The number of nitrogens with one attached hydrogen (secondary N) is 3. The molecular weight excluding hydrogens is 990 g/mol. The van der Waals surface area contributed by atoms with Crippen LogP contribution >= 0.6 is 24.2 Å². The smallest absolute Gasteiger partial charge is 0.314 e. The molecule has 4 aliphatic carbocycles. The highest BCUT2D eigenvalue weighted by Gasteiger charge is 2.71. The monoisotopic (exact) mass is 1070 g/mol. The molecule has 15 nitrogen and oxygen atoms in total. The summed E-state index contributed by atoms with van der Waals surface area (Å²) in [4.78, 5) is 68.0. The normalized spacial score (nSPS) is 23.0. The Bertz CT molecular complexity index is 2270. The van der Waals surface area contributed by atoms with Gasteiger partial charge in [0, 0.05) is 6.42 Å². The van der Waals surface area contributed by atoms with Gasteiger partial charge in [-0.1, -0.05) is 92.3 Å². The van der Waals surface area contributed by atoms with E-state index in [1.807, 2.05) is 54.8 Å². The number of amides is 3. The number of methoxy groups -OCH3 is 1. The fraction of sp³-hybridized carbons (Fsp3) is 0.582. The third kappa shape index (κ3) is 15.5. The van der Waals surface area contributed by atoms with Crippen molar-refractivity contribution >= 4 is 64.8 Å². The number of unbranched alkanes of at least 4 members (excludes halogenated alkanes) is 5. The van der Waals surface area contributed by atoms with E-state index >= 15 is 0 Å². The van der Waals surface area contributed by atoms with Gasteiger partial charge >= 0.3 is 5.97 Å². The number of carbonyl (C=O) groups excluding carboxylic acids is 5. The van der Waals surface area contributed by atoms with E-state index in [9.17, 15) is 33.6 Å². The second-order valence-corrected chi connectivity index (χ2v) is 23.2. The van der Waals surface area contributed by atoms with Crippen LogP contribution in [0.3, 0.4) is 0 Å². The lowest BCUT2D eigenvalue weighted by molar-refractivity contribution is -0.189. The van der Waals surface area contributed by atoms with Gasteiger partial charge in [-0.05, 0) is 142 Å². The molecule has 402 valence electrons. The molecule has 3 aromatic rings. The van der Waals surface area contributed by atoms with Crippen molar-refractivity contribution in [1.82, 2.24) is 16.0 Å². The van der Waals surface area contributed by atoms with Crippen molar-refractivity contribution in [3.05, 3.63) is 89.5 Å². The lowest BCUT2D eigenvalue weighted by Crippen LogP contribution is -2.77. The molecule has 1 aliphatic heterocycles. The molecule has 5 aliphatic rings. The van der Waals surface area contributed by atoms with Crippen molar-refractivity contribution in [2.45, 2.75) is 139 Å². The summed E-state index contributed by atoms with van der Waals surface area (Å²) in [5, 5.41) is 17.9. The maximum atomic E-state index is 14.7. The van der Waals surface area contributed by atoms with Crippen molar-refractivity contribution in [3.8, 4) is 17.2 Å². The van der Waals surface area contributed by atoms with Crippen molar-refractivity contribution in [3.63, 3.8) is 0 Å². The minimum absolute atomic E-state index is 0. The van der Waals surface area contributed by atoms with Crippen molar-refractivity contribution in [1.29, 1.82) is 0 Å². The van der Waals surface area contributed by atoms with Crippen molar-refractivity contribution in [2.75, 3.05) is 38.2 Å². The third-order valence-electron chi connectivity index (χ3n) is 15.0. The van der Waals surface area contributed by atoms with E-state index in [0.717, 1.165) is 60.5 Å². The van der Waals surface area contributed by atoms with Crippen LogP contribution in [0.15, 0.2) is 72.8 Å². The van der Waals surface area contributed by atoms with E-state index in [1.54, 1.807) is 12.1 Å². The Balaban J connectivity index is 0.000000359. The van der Waals surface area contributed by atoms with Gasteiger partial charge < -0.3 is 51.3 Å². The summed E-state index contributed by atoms with van der Waals surface area (Å²) in [5.41, 5.74) is 13.4. The second kappa shape index (κ2) is 28.4. The second-order valence-electron chi connectivity index (χ2n) is 20.3. The molecule has 0 saturated heterocycles. The Labute approximate surface area is 445 Å². The van der Waals surface area contributed by atoms with Crippen molar-refractivity contribution < 1.29 is 47.8 Å². The number of phenols is 1. The average molecular weight is 1070 g/mol. The Morgan fingerprint density at radius 2 is 1.48 bits per heavy atom. The summed E-state index contributed by atoms with van der Waals surface area (Å²) in [6.45, 7) is 4.17. The average Bonchev–Trinajstić information content (AvgIpc) is 3.85. The van der Waals surface area contributed by atoms with E-state index in [1.165, 1.54) is 68.7 Å². The van der Waals surface area contributed by atoms with Gasteiger partial charge in [0.1, 0.15) is 22.8 Å². The van der Waals surface area contributed by atoms with Crippen molar-refractivity contribution in [2.24, 2.45) is 34.6 Å². The molecule has 73 heavy (non-hydrogen) atoms. The van der Waals surface area contributed by atoms with Crippen LogP contribution < -0.4 is 36.9 Å². The molecule has 8 atom stereocenters. The van der Waals surface area contributed by atoms with Crippen LogP contribution in [-0.4, -0.2) is 106 Å². The predicted molar refractivity (Wildman–Crippen MR) is 289 cm³/mol. The van der Waals surface area contributed by atoms with Gasteiger partial charge in [0.25, 0.3) is 0 Å². The first kappa shape index (κ1) is 59.4. The molecule has 3 aromatic carbocycles. The number of phenolic OH excluding ortho intramolecular Hbond substituents is 1. The summed E-state index contributed by atoms with van der Waals surface area (Å²) in [5.74, 6) is 0.943. The van der Waals surface area contributed by atoms with Crippen LogP contribution in [0.4, 0.5) is 0 Å². The molecule has 18 heteroatoms. The van der Waals surface area contributed by atoms with Gasteiger partial charge in [-0.2, -0.15) is 11.8 Å². The number of halogens is 1. The van der Waals surface area contributed by atoms with Gasteiger partial charge in [-0.3, -0.25) is 24.0 Å². The molecular formula is C55H78ClN5O10S2. The highest BCUT2D eigenvalue weighted by atomic mass is 35.5. The first-order chi connectivity index (χ1) is 34.6. The maximum Gasteiger partial charge on any atom is 0.314 e. The Morgan fingerprint density at radius 1 is 0.836 bits per heavy atom. The number of aromatic hydroxyl groups is 1. The number of thioether (sulfide) groups is 1. The van der Waals surface area contributed by atoms with E-state index in [-0.39, 0.29) is 42.2 Å². The molecule has 1 heterocycles. The molecule has 8 rings (SSSR count). The fourth-order valence-corrected chi connectivity index (χ4v) is 13.1. The molecule has 0 spiro atoms. The summed E-state index contributed by atoms with van der Waals surface area (Å²) in [7, 11) is 1.33. The fourth-order valence-electron chi connectivity index (χ4n) is 11.4. The van der Waals surface area contributed by atoms with E-state index < -0.39 is 76.3 Å². The third-order valence-corrected chi connectivity index (χ3v) is 17.4. The highest BCUT2D eigenvalue weighted by Crippen LogP contribution is 2.64. The quantitative estimate of drug-likeness (QED) is 0.0287. The Hall–Kier alpha value is -4.52. The first-order valence-electron chi connectivity index (χ1n) is 25.7. The van der Waals surface area contributed by atoms with E-state index in [0.29, 0.717) is 43.6 Å². The minimum Gasteiger partial charge on any atom is -0.616 e. The molecule has 4 bridgehead atoms. The first-order valence-corrected chi connectivity index (χ1v) is 28.5. The van der Waals surface area contributed by atoms with Crippen LogP contribution in [0.25, 0.3) is 0 Å². The van der Waals surface area contributed by atoms with Crippen LogP contribution in [0, 0.1) is 23.2 Å². The number of nitrogens with two attached hydrogens (primary N) is 2. The topological polar surface area (TPSA) is 244 Å².